The molecule has 6 nitrogen and oxygen atoms in total. The van der Waals surface area contributed by atoms with Crippen molar-refractivity contribution in [3.63, 3.8) is 0 Å². The van der Waals surface area contributed by atoms with Gasteiger partial charge in [0.1, 0.15) is 11.6 Å². The number of hydrogen-bond donors (Lipinski definition) is 2. The molecule has 0 atom stereocenters. The Hall–Kier alpha value is -3.43. The fourth-order valence-electron chi connectivity index (χ4n) is 2.27. The van der Waals surface area contributed by atoms with Gasteiger partial charge in [0.15, 0.2) is 5.82 Å². The van der Waals surface area contributed by atoms with Gasteiger partial charge in [-0.25, -0.2) is 9.37 Å². The Morgan fingerprint density at radius 1 is 1.12 bits per heavy atom. The predicted molar refractivity (Wildman–Crippen MR) is 82.4 cm³/mol. The number of nitrogens with two attached hydrogens (primary N) is 1. The van der Waals surface area contributed by atoms with E-state index < -0.39 is 23.8 Å². The van der Waals surface area contributed by atoms with E-state index in [0.717, 1.165) is 12.1 Å². The number of para-hydroxylation sites is 1. The summed E-state index contributed by atoms with van der Waals surface area (Å²) >= 11 is 0. The van der Waals surface area contributed by atoms with Gasteiger partial charge in [-0.1, -0.05) is 18.2 Å². The molecular formula is C16H10F4N4O2. The van der Waals surface area contributed by atoms with Gasteiger partial charge in [0.2, 0.25) is 5.82 Å². The predicted octanol–water partition coefficient (Wildman–Crippen LogP) is 3.28. The lowest BCUT2D eigenvalue weighted by molar-refractivity contribution is -0.274. The van der Waals surface area contributed by atoms with Gasteiger partial charge < -0.3 is 10.5 Å². The molecule has 3 aromatic rings. The Bertz CT molecular complexity index is 969. The largest absolute Gasteiger partial charge is 0.573 e. The van der Waals surface area contributed by atoms with Gasteiger partial charge in [0.05, 0.1) is 0 Å². The molecule has 3 rings (SSSR count). The van der Waals surface area contributed by atoms with Crippen molar-refractivity contribution in [1.82, 2.24) is 15.2 Å². The molecule has 0 spiro atoms. The van der Waals surface area contributed by atoms with Crippen LogP contribution in [0.3, 0.4) is 0 Å². The van der Waals surface area contributed by atoms with Crippen LogP contribution in [0.25, 0.3) is 22.5 Å². The van der Waals surface area contributed by atoms with Crippen molar-refractivity contribution in [1.29, 1.82) is 0 Å². The smallest absolute Gasteiger partial charge is 0.405 e. The number of hydrogen-bond acceptors (Lipinski definition) is 4. The van der Waals surface area contributed by atoms with E-state index in [1.54, 1.807) is 0 Å². The molecule has 0 unspecified atom stereocenters. The van der Waals surface area contributed by atoms with Crippen LogP contribution in [0.5, 0.6) is 5.75 Å². The van der Waals surface area contributed by atoms with Gasteiger partial charge >= 0.3 is 6.36 Å². The third-order valence-corrected chi connectivity index (χ3v) is 3.35. The van der Waals surface area contributed by atoms with E-state index in [2.05, 4.69) is 19.9 Å². The number of nitrogens with zero attached hydrogens (tertiary/aromatic N) is 2. The van der Waals surface area contributed by atoms with E-state index in [-0.39, 0.29) is 28.3 Å². The molecule has 0 bridgehead atoms. The van der Waals surface area contributed by atoms with E-state index in [9.17, 15) is 22.4 Å². The summed E-state index contributed by atoms with van der Waals surface area (Å²) in [6.45, 7) is 0. The van der Waals surface area contributed by atoms with Crippen molar-refractivity contribution in [2.24, 2.45) is 5.73 Å². The van der Waals surface area contributed by atoms with Gasteiger partial charge in [-0.05, 0) is 24.3 Å². The molecular weight excluding hydrogens is 356 g/mol. The summed E-state index contributed by atoms with van der Waals surface area (Å²) in [5, 5.41) is 6.10. The zero-order valence-electron chi connectivity index (χ0n) is 12.8. The van der Waals surface area contributed by atoms with Crippen molar-refractivity contribution in [2.45, 2.75) is 6.36 Å². The number of carbonyl (C=O) groups is 1. The first-order valence-corrected chi connectivity index (χ1v) is 7.12. The first kappa shape index (κ1) is 17.4. The Morgan fingerprint density at radius 3 is 2.50 bits per heavy atom. The molecule has 134 valence electrons. The number of amides is 1. The number of carbonyl (C=O) groups excluding carboxylic acids is 1. The number of aromatic amines is 1. The van der Waals surface area contributed by atoms with Crippen molar-refractivity contribution in [3.8, 4) is 28.3 Å². The van der Waals surface area contributed by atoms with E-state index in [1.165, 1.54) is 30.3 Å². The van der Waals surface area contributed by atoms with Crippen LogP contribution < -0.4 is 10.5 Å². The SMILES string of the molecule is NC(=O)c1nc(-c2ccc(F)c(-c3ccccc3OC(F)(F)F)c2)n[nH]1. The van der Waals surface area contributed by atoms with Crippen LogP contribution in [0.4, 0.5) is 17.6 Å². The summed E-state index contributed by atoms with van der Waals surface area (Å²) in [7, 11) is 0. The van der Waals surface area contributed by atoms with Crippen LogP contribution in [0, 0.1) is 5.82 Å². The minimum atomic E-state index is -4.93. The van der Waals surface area contributed by atoms with Crippen LogP contribution in [0.1, 0.15) is 10.6 Å². The summed E-state index contributed by atoms with van der Waals surface area (Å²) < 4.78 is 55.9. The highest BCUT2D eigenvalue weighted by atomic mass is 19.4. The summed E-state index contributed by atoms with van der Waals surface area (Å²) in [5.41, 5.74) is 5.10. The van der Waals surface area contributed by atoms with Crippen LogP contribution in [0.2, 0.25) is 0 Å². The normalized spacial score (nSPS) is 11.4. The van der Waals surface area contributed by atoms with Crippen LogP contribution >= 0.6 is 0 Å². The molecule has 0 saturated carbocycles. The molecule has 2 aromatic carbocycles. The van der Waals surface area contributed by atoms with Gasteiger partial charge in [-0.3, -0.25) is 9.89 Å². The molecule has 0 radical (unpaired) electrons. The number of primary amides is 1. The lowest BCUT2D eigenvalue weighted by atomic mass is 10.0. The van der Waals surface area contributed by atoms with Crippen LogP contribution in [-0.4, -0.2) is 27.5 Å². The highest BCUT2D eigenvalue weighted by molar-refractivity contribution is 5.89. The van der Waals surface area contributed by atoms with E-state index in [1.807, 2.05) is 0 Å². The Kier molecular flexibility index (Phi) is 4.33. The van der Waals surface area contributed by atoms with Gasteiger partial charge in [-0.2, -0.15) is 5.10 Å². The van der Waals surface area contributed by atoms with Gasteiger partial charge in [0.25, 0.3) is 5.91 Å². The van der Waals surface area contributed by atoms with Crippen molar-refractivity contribution < 1.29 is 27.1 Å². The number of H-pyrrole nitrogens is 1. The summed E-state index contributed by atoms with van der Waals surface area (Å²) in [6, 6.07) is 8.77. The number of alkyl halides is 3. The maximum absolute atomic E-state index is 14.3. The second-order valence-electron chi connectivity index (χ2n) is 5.11. The van der Waals surface area contributed by atoms with E-state index in [0.29, 0.717) is 0 Å². The second kappa shape index (κ2) is 6.47. The van der Waals surface area contributed by atoms with Crippen molar-refractivity contribution >= 4 is 5.91 Å². The average Bonchev–Trinajstić information content (AvgIpc) is 3.05. The van der Waals surface area contributed by atoms with Crippen LogP contribution in [0.15, 0.2) is 42.5 Å². The molecule has 1 heterocycles. The second-order valence-corrected chi connectivity index (χ2v) is 5.11. The number of halogens is 4. The molecule has 0 aliphatic carbocycles. The Morgan fingerprint density at radius 2 is 1.85 bits per heavy atom. The number of ether oxygens (including phenoxy) is 1. The third kappa shape index (κ3) is 3.63. The summed E-state index contributed by atoms with van der Waals surface area (Å²) in [4.78, 5) is 14.9. The highest BCUT2D eigenvalue weighted by Crippen LogP contribution is 2.36. The molecule has 0 aliphatic heterocycles. The lowest BCUT2D eigenvalue weighted by Crippen LogP contribution is -2.17. The topological polar surface area (TPSA) is 93.9 Å². The molecule has 0 saturated heterocycles. The minimum Gasteiger partial charge on any atom is -0.405 e. The zero-order valence-corrected chi connectivity index (χ0v) is 12.8. The molecule has 10 heteroatoms. The average molecular weight is 366 g/mol. The van der Waals surface area contributed by atoms with Crippen molar-refractivity contribution in [3.05, 3.63) is 54.1 Å². The molecule has 3 N–H and O–H groups in total. The lowest BCUT2D eigenvalue weighted by Gasteiger charge is -2.14. The standard InChI is InChI=1S/C16H10F4N4O2/c17-11-6-5-8(14-22-15(13(21)25)24-23-14)7-10(11)9-3-1-2-4-12(9)26-16(18,19)20/h1-7H,(H2,21,25)(H,22,23,24). The number of nitrogens with one attached hydrogen (secondary N) is 1. The molecule has 1 aromatic heterocycles. The molecule has 0 aliphatic rings. The molecule has 0 fully saturated rings. The fourth-order valence-corrected chi connectivity index (χ4v) is 2.27. The fraction of sp³-hybridized carbons (Fsp3) is 0.0625. The maximum atomic E-state index is 14.3. The van der Waals surface area contributed by atoms with Gasteiger partial charge in [-0.15, -0.1) is 13.2 Å². The quantitative estimate of drug-likeness (QED) is 0.693. The first-order valence-electron chi connectivity index (χ1n) is 7.12. The molecule has 26 heavy (non-hydrogen) atoms. The van der Waals surface area contributed by atoms with Crippen LogP contribution in [-0.2, 0) is 0 Å². The Balaban J connectivity index is 2.08. The third-order valence-electron chi connectivity index (χ3n) is 3.35. The maximum Gasteiger partial charge on any atom is 0.573 e. The summed E-state index contributed by atoms with van der Waals surface area (Å²) in [6.07, 6.45) is -4.93. The minimum absolute atomic E-state index is 0.0364. The highest BCUT2D eigenvalue weighted by Gasteiger charge is 2.32. The van der Waals surface area contributed by atoms with Gasteiger partial charge in [0, 0.05) is 16.7 Å². The first-order chi connectivity index (χ1) is 12.2. The number of benzene rings is 2. The van der Waals surface area contributed by atoms with Crippen molar-refractivity contribution in [2.75, 3.05) is 0 Å². The number of rotatable bonds is 4. The zero-order chi connectivity index (χ0) is 18.9. The Labute approximate surface area is 143 Å². The van der Waals surface area contributed by atoms with E-state index >= 15 is 0 Å². The summed E-state index contributed by atoms with van der Waals surface area (Å²) in [5.74, 6) is -2.32. The molecule has 1 amide bonds. The number of aromatic nitrogens is 3. The van der Waals surface area contributed by atoms with E-state index in [4.69, 9.17) is 5.73 Å². The monoisotopic (exact) mass is 366 g/mol.